The summed E-state index contributed by atoms with van der Waals surface area (Å²) in [5.74, 6) is 0. The minimum Gasteiger partial charge on any atom is -0.306 e. The first-order valence-electron chi connectivity index (χ1n) is 2.96. The van der Waals surface area contributed by atoms with Crippen molar-refractivity contribution in [3.63, 3.8) is 0 Å². The number of rotatable bonds is 2. The van der Waals surface area contributed by atoms with Gasteiger partial charge in [0.25, 0.3) is 0 Å². The second kappa shape index (κ2) is 3.08. The summed E-state index contributed by atoms with van der Waals surface area (Å²) in [6, 6.07) is 0. The lowest BCUT2D eigenvalue weighted by Gasteiger charge is -2.16. The maximum atomic E-state index is 6.63. The zero-order valence-corrected chi connectivity index (χ0v) is 5.91. The highest BCUT2D eigenvalue weighted by Crippen LogP contribution is 2.16. The Morgan fingerprint density at radius 1 is 1.38 bits per heavy atom. The lowest BCUT2D eigenvalue weighted by molar-refractivity contribution is 0.375. The van der Waals surface area contributed by atoms with Crippen LogP contribution >= 0.6 is 0 Å². The summed E-state index contributed by atoms with van der Waals surface area (Å²) in [5.41, 5.74) is 0.369. The Balaban J connectivity index is 3.11. The van der Waals surface area contributed by atoms with Crippen molar-refractivity contribution in [2.24, 2.45) is 5.41 Å². The van der Waals surface area contributed by atoms with Crippen molar-refractivity contribution in [2.45, 2.75) is 27.2 Å². The standard InChI is InChI=1S/C7H14N/c1-7(2,3)5-6-8-4/h8H,5-6H2,1-3H3. The van der Waals surface area contributed by atoms with Gasteiger partial charge in [0.1, 0.15) is 0 Å². The molecule has 0 aromatic heterocycles. The first-order valence-corrected chi connectivity index (χ1v) is 2.96. The van der Waals surface area contributed by atoms with E-state index in [1.54, 1.807) is 0 Å². The third-order valence-electron chi connectivity index (χ3n) is 1.000. The Morgan fingerprint density at radius 3 is 2.00 bits per heavy atom. The van der Waals surface area contributed by atoms with E-state index >= 15 is 0 Å². The summed E-state index contributed by atoms with van der Waals surface area (Å²) in [6.07, 6.45) is 1.07. The van der Waals surface area contributed by atoms with Gasteiger partial charge >= 0.3 is 0 Å². The Bertz CT molecular complexity index is 51.9. The molecule has 0 spiro atoms. The normalized spacial score (nSPS) is 12.0. The van der Waals surface area contributed by atoms with Crippen LogP contribution in [0.2, 0.25) is 0 Å². The van der Waals surface area contributed by atoms with E-state index in [1.165, 1.54) is 0 Å². The largest absolute Gasteiger partial charge is 0.306 e. The molecule has 0 atom stereocenters. The fourth-order valence-corrected chi connectivity index (χ4v) is 0.437. The first-order chi connectivity index (χ1) is 3.56. The topological polar surface area (TPSA) is 12.0 Å². The summed E-state index contributed by atoms with van der Waals surface area (Å²) >= 11 is 0. The number of hydrogen-bond acceptors (Lipinski definition) is 1. The van der Waals surface area contributed by atoms with Gasteiger partial charge in [-0.2, -0.15) is 0 Å². The minimum atomic E-state index is 0.369. The summed E-state index contributed by atoms with van der Waals surface area (Å²) in [4.78, 5) is 0. The third kappa shape index (κ3) is 5.96. The summed E-state index contributed by atoms with van der Waals surface area (Å²) in [7, 11) is 6.63. The van der Waals surface area contributed by atoms with Crippen molar-refractivity contribution in [1.82, 2.24) is 5.32 Å². The summed E-state index contributed by atoms with van der Waals surface area (Å²) in [6.45, 7) is 7.31. The fourth-order valence-electron chi connectivity index (χ4n) is 0.437. The third-order valence-corrected chi connectivity index (χ3v) is 1.000. The van der Waals surface area contributed by atoms with E-state index in [9.17, 15) is 0 Å². The molecule has 0 aliphatic rings. The van der Waals surface area contributed by atoms with Crippen molar-refractivity contribution >= 4 is 0 Å². The van der Waals surface area contributed by atoms with Crippen LogP contribution in [0.3, 0.4) is 0 Å². The molecule has 0 aromatic rings. The molecule has 0 rings (SSSR count). The van der Waals surface area contributed by atoms with Crippen LogP contribution in [0.25, 0.3) is 0 Å². The number of hydrogen-bond donors (Lipinski definition) is 1. The second-order valence-corrected chi connectivity index (χ2v) is 3.24. The summed E-state index contributed by atoms with van der Waals surface area (Å²) in [5, 5.41) is 2.37. The Hall–Kier alpha value is -0.0400. The molecule has 3 radical (unpaired) electrons. The molecule has 47 valence electrons. The smallest absolute Gasteiger partial charge is 0.0851 e. The lowest BCUT2D eigenvalue weighted by atomic mass is 9.92. The van der Waals surface area contributed by atoms with Crippen LogP contribution in [0, 0.1) is 12.5 Å². The van der Waals surface area contributed by atoms with Gasteiger partial charge in [-0.1, -0.05) is 20.8 Å². The minimum absolute atomic E-state index is 0.369. The van der Waals surface area contributed by atoms with Crippen molar-refractivity contribution in [3.05, 3.63) is 7.05 Å². The van der Waals surface area contributed by atoms with Gasteiger partial charge in [0, 0.05) is 0 Å². The van der Waals surface area contributed by atoms with Gasteiger partial charge in [-0.25, -0.2) is 0 Å². The Kier molecular flexibility index (Phi) is 3.06. The molecule has 1 heteroatoms. The average molecular weight is 112 g/mol. The molecule has 8 heavy (non-hydrogen) atoms. The molecule has 1 N–H and O–H groups in total. The quantitative estimate of drug-likeness (QED) is 0.571. The van der Waals surface area contributed by atoms with Gasteiger partial charge < -0.3 is 5.32 Å². The van der Waals surface area contributed by atoms with Crippen LogP contribution in [0.5, 0.6) is 0 Å². The molecule has 0 fully saturated rings. The highest BCUT2D eigenvalue weighted by molar-refractivity contribution is 4.62. The lowest BCUT2D eigenvalue weighted by Crippen LogP contribution is -2.14. The van der Waals surface area contributed by atoms with Crippen LogP contribution in [0.4, 0.5) is 0 Å². The first kappa shape index (κ1) is 7.96. The van der Waals surface area contributed by atoms with Crippen LogP contribution in [-0.2, 0) is 0 Å². The van der Waals surface area contributed by atoms with E-state index in [1.807, 2.05) is 0 Å². The van der Waals surface area contributed by atoms with Crippen molar-refractivity contribution in [1.29, 1.82) is 0 Å². The molecule has 0 aliphatic carbocycles. The predicted octanol–water partition coefficient (Wildman–Crippen LogP) is 1.56. The average Bonchev–Trinajstić information content (AvgIpc) is 1.59. The molecule has 0 unspecified atom stereocenters. The molecule has 0 heterocycles. The van der Waals surface area contributed by atoms with Gasteiger partial charge in [0.15, 0.2) is 0 Å². The Labute approximate surface area is 52.5 Å². The van der Waals surface area contributed by atoms with Crippen LogP contribution in [-0.4, -0.2) is 6.54 Å². The SMILES string of the molecule is [C]NCCC(C)(C)C. The highest BCUT2D eigenvalue weighted by Gasteiger charge is 2.07. The van der Waals surface area contributed by atoms with E-state index in [2.05, 4.69) is 26.1 Å². The zero-order chi connectivity index (χ0) is 6.62. The van der Waals surface area contributed by atoms with Crippen LogP contribution < -0.4 is 5.32 Å². The van der Waals surface area contributed by atoms with Crippen molar-refractivity contribution < 1.29 is 0 Å². The Morgan fingerprint density at radius 2 is 1.88 bits per heavy atom. The van der Waals surface area contributed by atoms with Crippen LogP contribution in [0.15, 0.2) is 0 Å². The molecular weight excluding hydrogens is 98.1 g/mol. The molecule has 0 saturated heterocycles. The molecule has 0 aromatic carbocycles. The van der Waals surface area contributed by atoms with E-state index < -0.39 is 0 Å². The number of nitrogens with one attached hydrogen (secondary N) is 1. The molecule has 0 amide bonds. The maximum Gasteiger partial charge on any atom is 0.0851 e. The van der Waals surface area contributed by atoms with E-state index in [-0.39, 0.29) is 0 Å². The zero-order valence-electron chi connectivity index (χ0n) is 5.91. The van der Waals surface area contributed by atoms with Gasteiger partial charge in [-0.05, 0) is 18.4 Å². The predicted molar refractivity (Wildman–Crippen MR) is 35.3 cm³/mol. The molecule has 0 saturated carbocycles. The van der Waals surface area contributed by atoms with Gasteiger partial charge in [-0.3, -0.25) is 0 Å². The fraction of sp³-hybridized carbons (Fsp3) is 0.857. The molecule has 1 nitrogen and oxygen atoms in total. The highest BCUT2D eigenvalue weighted by atomic mass is 14.8. The molecule has 0 aliphatic heterocycles. The van der Waals surface area contributed by atoms with E-state index in [0.717, 1.165) is 13.0 Å². The molecule has 0 bridgehead atoms. The monoisotopic (exact) mass is 112 g/mol. The van der Waals surface area contributed by atoms with E-state index in [0.29, 0.717) is 5.41 Å². The summed E-state index contributed by atoms with van der Waals surface area (Å²) < 4.78 is 0. The van der Waals surface area contributed by atoms with Crippen molar-refractivity contribution in [2.75, 3.05) is 6.54 Å². The van der Waals surface area contributed by atoms with Gasteiger partial charge in [0.2, 0.25) is 0 Å². The van der Waals surface area contributed by atoms with Crippen LogP contribution in [0.1, 0.15) is 27.2 Å². The van der Waals surface area contributed by atoms with Crippen molar-refractivity contribution in [3.8, 4) is 0 Å². The van der Waals surface area contributed by atoms with E-state index in [4.69, 9.17) is 7.05 Å². The maximum absolute atomic E-state index is 6.63. The second-order valence-electron chi connectivity index (χ2n) is 3.24. The van der Waals surface area contributed by atoms with Gasteiger partial charge in [-0.15, -0.1) is 0 Å². The van der Waals surface area contributed by atoms with Gasteiger partial charge in [0.05, 0.1) is 7.05 Å². The molecular formula is C7H14N.